The first kappa shape index (κ1) is 13.0. The first-order valence-electron chi connectivity index (χ1n) is 5.34. The number of carboxylic acid groups (broad SMARTS) is 1. The molecule has 1 rings (SSSR count). The molecule has 1 aromatic rings. The van der Waals surface area contributed by atoms with Crippen molar-refractivity contribution < 1.29 is 14.7 Å². The highest BCUT2D eigenvalue weighted by molar-refractivity contribution is 6.14. The van der Waals surface area contributed by atoms with Crippen molar-refractivity contribution in [3.8, 4) is 0 Å². The molecule has 0 aliphatic rings. The van der Waals surface area contributed by atoms with E-state index in [1.54, 1.807) is 23.9 Å². The van der Waals surface area contributed by atoms with E-state index in [0.717, 1.165) is 6.42 Å². The van der Waals surface area contributed by atoms with Crippen LogP contribution in [0.25, 0.3) is 5.57 Å². The molecule has 0 atom stereocenters. The molecule has 5 nitrogen and oxygen atoms in total. The Bertz CT molecular complexity index is 460. The molecular formula is C12H16N2O3. The average molecular weight is 236 g/mol. The molecule has 17 heavy (non-hydrogen) atoms. The monoisotopic (exact) mass is 236 g/mol. The van der Waals surface area contributed by atoms with Gasteiger partial charge in [0.25, 0.3) is 0 Å². The molecule has 0 unspecified atom stereocenters. The van der Waals surface area contributed by atoms with E-state index in [2.05, 4.69) is 11.9 Å². The number of hydrogen-bond acceptors (Lipinski definition) is 2. The summed E-state index contributed by atoms with van der Waals surface area (Å²) in [5, 5.41) is 11.5. The van der Waals surface area contributed by atoms with Gasteiger partial charge >= 0.3 is 5.97 Å². The van der Waals surface area contributed by atoms with Gasteiger partial charge in [-0.2, -0.15) is 0 Å². The Balaban J connectivity index is 2.85. The minimum atomic E-state index is -1.07. The number of aryl methyl sites for hydroxylation is 1. The van der Waals surface area contributed by atoms with E-state index < -0.39 is 5.97 Å². The van der Waals surface area contributed by atoms with Crippen molar-refractivity contribution in [2.45, 2.75) is 19.8 Å². The van der Waals surface area contributed by atoms with Crippen molar-refractivity contribution in [1.29, 1.82) is 0 Å². The Labute approximate surface area is 99.7 Å². The number of carbonyl (C=O) groups is 2. The van der Waals surface area contributed by atoms with E-state index in [9.17, 15) is 9.59 Å². The fourth-order valence-electron chi connectivity index (χ4n) is 1.49. The molecule has 1 aromatic heterocycles. The molecule has 0 bridgehead atoms. The second kappa shape index (κ2) is 5.34. The van der Waals surface area contributed by atoms with Crippen molar-refractivity contribution in [3.05, 3.63) is 24.5 Å². The summed E-state index contributed by atoms with van der Waals surface area (Å²) in [4.78, 5) is 22.2. The van der Waals surface area contributed by atoms with Crippen LogP contribution in [0.15, 0.2) is 18.8 Å². The topological polar surface area (TPSA) is 71.3 Å². The Morgan fingerprint density at radius 3 is 2.71 bits per heavy atom. The SMILES string of the molecule is C=C(C(=O)O)c1cc(NC(=O)CCC)cn1C. The van der Waals surface area contributed by atoms with Crippen LogP contribution in [-0.2, 0) is 16.6 Å². The Kier molecular flexibility index (Phi) is 4.09. The van der Waals surface area contributed by atoms with Gasteiger partial charge in [0.05, 0.1) is 17.0 Å². The van der Waals surface area contributed by atoms with Gasteiger partial charge < -0.3 is 15.0 Å². The zero-order valence-corrected chi connectivity index (χ0v) is 9.99. The molecule has 0 saturated heterocycles. The van der Waals surface area contributed by atoms with Crippen LogP contribution < -0.4 is 5.32 Å². The minimum Gasteiger partial charge on any atom is -0.478 e. The summed E-state index contributed by atoms with van der Waals surface area (Å²) in [5.74, 6) is -1.15. The van der Waals surface area contributed by atoms with E-state index in [1.807, 2.05) is 6.92 Å². The lowest BCUT2D eigenvalue weighted by Crippen LogP contribution is -2.09. The minimum absolute atomic E-state index is 0.00323. The Hall–Kier alpha value is -2.04. The average Bonchev–Trinajstić information content (AvgIpc) is 2.58. The summed E-state index contributed by atoms with van der Waals surface area (Å²) in [7, 11) is 1.71. The highest BCUT2D eigenvalue weighted by atomic mass is 16.4. The number of carboxylic acids is 1. The van der Waals surface area contributed by atoms with Crippen LogP contribution >= 0.6 is 0 Å². The van der Waals surface area contributed by atoms with E-state index in [4.69, 9.17) is 5.11 Å². The first-order valence-corrected chi connectivity index (χ1v) is 5.34. The highest BCUT2D eigenvalue weighted by Gasteiger charge is 2.13. The number of nitrogens with zero attached hydrogens (tertiary/aromatic N) is 1. The predicted octanol–water partition coefficient (Wildman–Crippen LogP) is 1.86. The van der Waals surface area contributed by atoms with Gasteiger partial charge in [-0.05, 0) is 12.5 Å². The van der Waals surface area contributed by atoms with E-state index >= 15 is 0 Å². The lowest BCUT2D eigenvalue weighted by Gasteiger charge is -2.00. The van der Waals surface area contributed by atoms with E-state index in [-0.39, 0.29) is 11.5 Å². The van der Waals surface area contributed by atoms with Crippen molar-refractivity contribution >= 4 is 23.1 Å². The molecule has 2 N–H and O–H groups in total. The smallest absolute Gasteiger partial charge is 0.337 e. The number of anilines is 1. The fourth-order valence-corrected chi connectivity index (χ4v) is 1.49. The molecule has 0 spiro atoms. The molecule has 0 aliphatic heterocycles. The van der Waals surface area contributed by atoms with Gasteiger partial charge in [0.15, 0.2) is 0 Å². The van der Waals surface area contributed by atoms with Crippen LogP contribution in [0.5, 0.6) is 0 Å². The quantitative estimate of drug-likeness (QED) is 0.766. The van der Waals surface area contributed by atoms with Crippen LogP contribution in [0.2, 0.25) is 0 Å². The maximum atomic E-state index is 11.4. The van der Waals surface area contributed by atoms with Crippen LogP contribution in [-0.4, -0.2) is 21.6 Å². The Morgan fingerprint density at radius 2 is 2.18 bits per heavy atom. The third-order valence-corrected chi connectivity index (χ3v) is 2.33. The van der Waals surface area contributed by atoms with E-state index in [1.165, 1.54) is 0 Å². The molecule has 0 radical (unpaired) electrons. The second-order valence-corrected chi connectivity index (χ2v) is 3.81. The molecule has 1 heterocycles. The first-order chi connectivity index (χ1) is 7.95. The van der Waals surface area contributed by atoms with Crippen molar-refractivity contribution in [1.82, 2.24) is 4.57 Å². The standard InChI is InChI=1S/C12H16N2O3/c1-4-5-11(15)13-9-6-10(14(3)7-9)8(2)12(16)17/h6-7H,2,4-5H2,1,3H3,(H,13,15)(H,16,17). The van der Waals surface area contributed by atoms with Gasteiger partial charge in [-0.3, -0.25) is 4.79 Å². The fraction of sp³-hybridized carbons (Fsp3) is 0.333. The summed E-state index contributed by atoms with van der Waals surface area (Å²) in [5.41, 5.74) is 1.07. The number of amides is 1. The number of rotatable bonds is 5. The van der Waals surface area contributed by atoms with Gasteiger partial charge in [0.1, 0.15) is 0 Å². The number of carbonyl (C=O) groups excluding carboxylic acids is 1. The third kappa shape index (κ3) is 3.21. The summed E-state index contributed by atoms with van der Waals surface area (Å²) < 4.78 is 1.62. The third-order valence-electron chi connectivity index (χ3n) is 2.33. The normalized spacial score (nSPS) is 10.0. The van der Waals surface area contributed by atoms with Crippen molar-refractivity contribution in [2.75, 3.05) is 5.32 Å². The summed E-state index contributed by atoms with van der Waals surface area (Å²) >= 11 is 0. The lowest BCUT2D eigenvalue weighted by atomic mass is 10.2. The maximum Gasteiger partial charge on any atom is 0.337 e. The lowest BCUT2D eigenvalue weighted by molar-refractivity contribution is -0.130. The summed E-state index contributed by atoms with van der Waals surface area (Å²) in [6.45, 7) is 5.40. The van der Waals surface area contributed by atoms with Gasteiger partial charge in [-0.1, -0.05) is 13.5 Å². The number of aliphatic carboxylic acids is 1. The number of hydrogen-bond donors (Lipinski definition) is 2. The number of aromatic nitrogens is 1. The van der Waals surface area contributed by atoms with Gasteiger partial charge in [0, 0.05) is 19.7 Å². The molecule has 0 aromatic carbocycles. The molecule has 0 aliphatic carbocycles. The molecule has 0 saturated carbocycles. The molecule has 1 amide bonds. The molecule has 5 heteroatoms. The largest absolute Gasteiger partial charge is 0.478 e. The Morgan fingerprint density at radius 1 is 1.53 bits per heavy atom. The van der Waals surface area contributed by atoms with Crippen LogP contribution in [0.1, 0.15) is 25.5 Å². The summed E-state index contributed by atoms with van der Waals surface area (Å²) in [6, 6.07) is 1.60. The van der Waals surface area contributed by atoms with Crippen LogP contribution in [0.4, 0.5) is 5.69 Å². The van der Waals surface area contributed by atoms with Crippen LogP contribution in [0, 0.1) is 0 Å². The summed E-state index contributed by atoms with van der Waals surface area (Å²) in [6.07, 6.45) is 2.88. The maximum absolute atomic E-state index is 11.4. The van der Waals surface area contributed by atoms with E-state index in [0.29, 0.717) is 17.8 Å². The van der Waals surface area contributed by atoms with Gasteiger partial charge in [-0.25, -0.2) is 4.79 Å². The van der Waals surface area contributed by atoms with Gasteiger partial charge in [0.2, 0.25) is 5.91 Å². The van der Waals surface area contributed by atoms with Crippen LogP contribution in [0.3, 0.4) is 0 Å². The van der Waals surface area contributed by atoms with Crippen molar-refractivity contribution in [3.63, 3.8) is 0 Å². The van der Waals surface area contributed by atoms with Crippen molar-refractivity contribution in [2.24, 2.45) is 7.05 Å². The zero-order chi connectivity index (χ0) is 13.0. The highest BCUT2D eigenvalue weighted by Crippen LogP contribution is 2.19. The second-order valence-electron chi connectivity index (χ2n) is 3.81. The molecule has 0 fully saturated rings. The number of nitrogens with one attached hydrogen (secondary N) is 1. The zero-order valence-electron chi connectivity index (χ0n) is 9.99. The molecule has 92 valence electrons. The van der Waals surface area contributed by atoms with Gasteiger partial charge in [-0.15, -0.1) is 0 Å². The predicted molar refractivity (Wildman–Crippen MR) is 65.6 cm³/mol. The molecular weight excluding hydrogens is 220 g/mol.